The molecule has 2 aromatic carbocycles. The Morgan fingerprint density at radius 1 is 1.10 bits per heavy atom. The summed E-state index contributed by atoms with van der Waals surface area (Å²) >= 11 is 0. The van der Waals surface area contributed by atoms with Crippen LogP contribution in [0.3, 0.4) is 0 Å². The maximum atomic E-state index is 12.3. The predicted molar refractivity (Wildman–Crippen MR) is 71.6 cm³/mol. The number of hydroxylamine groups is 2. The van der Waals surface area contributed by atoms with Crippen LogP contribution in [0.5, 0.6) is 5.75 Å². The second-order valence-corrected chi connectivity index (χ2v) is 4.82. The van der Waals surface area contributed by atoms with Crippen LogP contribution in [0, 0.1) is 0 Å². The second kappa shape index (κ2) is 3.98. The van der Waals surface area contributed by atoms with Gasteiger partial charge in [0.25, 0.3) is 5.91 Å². The monoisotopic (exact) mass is 268 g/mol. The zero-order valence-corrected chi connectivity index (χ0v) is 10.6. The summed E-state index contributed by atoms with van der Waals surface area (Å²) in [4.78, 5) is 14.2. The Balaban J connectivity index is 1.92. The van der Waals surface area contributed by atoms with Gasteiger partial charge in [-0.05, 0) is 18.2 Å². The van der Waals surface area contributed by atoms with E-state index in [4.69, 9.17) is 4.74 Å². The minimum atomic E-state index is -0.539. The number of para-hydroxylation sites is 2. The molecule has 20 heavy (non-hydrogen) atoms. The molecule has 2 aromatic rings. The molecular formula is C15H12N2O3. The van der Waals surface area contributed by atoms with Crippen molar-refractivity contribution in [3.63, 3.8) is 0 Å². The highest BCUT2D eigenvalue weighted by atomic mass is 16.5. The van der Waals surface area contributed by atoms with Crippen LogP contribution in [0.1, 0.15) is 22.1 Å². The van der Waals surface area contributed by atoms with Gasteiger partial charge >= 0.3 is 0 Å². The number of rotatable bonds is 0. The molecule has 5 nitrogen and oxygen atoms in total. The lowest BCUT2D eigenvalue weighted by Gasteiger charge is -2.45. The summed E-state index contributed by atoms with van der Waals surface area (Å²) in [7, 11) is 0. The van der Waals surface area contributed by atoms with Gasteiger partial charge in [0, 0.05) is 5.56 Å². The van der Waals surface area contributed by atoms with Gasteiger partial charge in [0.1, 0.15) is 5.75 Å². The highest BCUT2D eigenvalue weighted by Crippen LogP contribution is 2.43. The van der Waals surface area contributed by atoms with Crippen molar-refractivity contribution in [2.24, 2.45) is 0 Å². The van der Waals surface area contributed by atoms with Gasteiger partial charge in [-0.15, -0.1) is 0 Å². The summed E-state index contributed by atoms with van der Waals surface area (Å²) < 4.78 is 5.71. The van der Waals surface area contributed by atoms with E-state index in [0.717, 1.165) is 16.3 Å². The Morgan fingerprint density at radius 2 is 1.85 bits per heavy atom. The number of carbonyl (C=O) groups excluding carboxylic acids is 1. The van der Waals surface area contributed by atoms with Crippen LogP contribution >= 0.6 is 0 Å². The van der Waals surface area contributed by atoms with Crippen LogP contribution < -0.4 is 9.64 Å². The van der Waals surface area contributed by atoms with Crippen LogP contribution in [-0.4, -0.2) is 22.9 Å². The molecule has 0 fully saturated rings. The van der Waals surface area contributed by atoms with Gasteiger partial charge in [-0.2, -0.15) is 5.06 Å². The third-order valence-electron chi connectivity index (χ3n) is 3.74. The van der Waals surface area contributed by atoms with E-state index in [1.54, 1.807) is 12.1 Å². The normalized spacial score (nSPS) is 19.9. The molecule has 1 unspecified atom stereocenters. The molecular weight excluding hydrogens is 256 g/mol. The van der Waals surface area contributed by atoms with Crippen molar-refractivity contribution < 1.29 is 14.7 Å². The fraction of sp³-hybridized carbons (Fsp3) is 0.133. The van der Waals surface area contributed by atoms with Crippen LogP contribution in [0.4, 0.5) is 5.69 Å². The summed E-state index contributed by atoms with van der Waals surface area (Å²) in [5, 5.41) is 11.0. The maximum absolute atomic E-state index is 12.3. The molecule has 0 radical (unpaired) electrons. The fourth-order valence-electron chi connectivity index (χ4n) is 2.81. The summed E-state index contributed by atoms with van der Waals surface area (Å²) in [5.41, 5.74) is 2.04. The SMILES string of the molecule is O=C1c2ccccc2N2COc3ccccc3C2N1O. The number of hydrogen-bond donors (Lipinski definition) is 1. The highest BCUT2D eigenvalue weighted by molar-refractivity contribution is 6.01. The molecule has 0 spiro atoms. The van der Waals surface area contributed by atoms with E-state index >= 15 is 0 Å². The highest BCUT2D eigenvalue weighted by Gasteiger charge is 2.41. The van der Waals surface area contributed by atoms with Gasteiger partial charge in [-0.25, -0.2) is 0 Å². The number of ether oxygens (including phenoxy) is 1. The van der Waals surface area contributed by atoms with Gasteiger partial charge in [0.05, 0.1) is 11.3 Å². The number of nitrogens with zero attached hydrogens (tertiary/aromatic N) is 2. The first-order chi connectivity index (χ1) is 9.77. The fourth-order valence-corrected chi connectivity index (χ4v) is 2.81. The Morgan fingerprint density at radius 3 is 2.75 bits per heavy atom. The lowest BCUT2D eigenvalue weighted by Crippen LogP contribution is -2.51. The zero-order valence-electron chi connectivity index (χ0n) is 10.6. The first-order valence-corrected chi connectivity index (χ1v) is 6.37. The Bertz CT molecular complexity index is 701. The first kappa shape index (κ1) is 11.3. The van der Waals surface area contributed by atoms with E-state index in [9.17, 15) is 10.0 Å². The van der Waals surface area contributed by atoms with Gasteiger partial charge in [0.2, 0.25) is 0 Å². The zero-order chi connectivity index (χ0) is 13.7. The number of carbonyl (C=O) groups is 1. The topological polar surface area (TPSA) is 53.0 Å². The number of anilines is 1. The molecule has 5 heteroatoms. The van der Waals surface area contributed by atoms with E-state index in [1.165, 1.54) is 0 Å². The number of hydrogen-bond acceptors (Lipinski definition) is 4. The lowest BCUT2D eigenvalue weighted by atomic mass is 10.0. The van der Waals surface area contributed by atoms with E-state index in [-0.39, 0.29) is 0 Å². The van der Waals surface area contributed by atoms with Crippen LogP contribution in [0.2, 0.25) is 0 Å². The quantitative estimate of drug-likeness (QED) is 0.745. The van der Waals surface area contributed by atoms with Crippen LogP contribution in [-0.2, 0) is 0 Å². The minimum Gasteiger partial charge on any atom is -0.473 e. The molecule has 1 amide bonds. The minimum absolute atomic E-state index is 0.295. The third-order valence-corrected chi connectivity index (χ3v) is 3.74. The smallest absolute Gasteiger partial charge is 0.281 e. The largest absolute Gasteiger partial charge is 0.473 e. The summed E-state index contributed by atoms with van der Waals surface area (Å²) in [5.74, 6) is 0.304. The van der Waals surface area contributed by atoms with E-state index in [2.05, 4.69) is 0 Å². The number of fused-ring (bicyclic) bond motifs is 5. The van der Waals surface area contributed by atoms with Crippen molar-refractivity contribution in [1.82, 2.24) is 5.06 Å². The number of amides is 1. The maximum Gasteiger partial charge on any atom is 0.281 e. The standard InChI is InChI=1S/C15H12N2O3/c18-15-10-5-1-3-7-12(10)16-9-20-13-8-4-2-6-11(13)14(16)17(15)19/h1-8,14,19H,9H2. The predicted octanol–water partition coefficient (Wildman–Crippen LogP) is 2.39. The number of benzene rings is 2. The van der Waals surface area contributed by atoms with E-state index in [1.807, 2.05) is 41.3 Å². The molecule has 0 aromatic heterocycles. The van der Waals surface area contributed by atoms with Gasteiger partial charge < -0.3 is 9.64 Å². The van der Waals surface area contributed by atoms with E-state index < -0.39 is 12.1 Å². The van der Waals surface area contributed by atoms with E-state index in [0.29, 0.717) is 18.0 Å². The molecule has 0 saturated carbocycles. The molecule has 4 rings (SSSR count). The second-order valence-electron chi connectivity index (χ2n) is 4.82. The summed E-state index contributed by atoms with van der Waals surface area (Å²) in [6.45, 7) is 0.295. The molecule has 1 N–H and O–H groups in total. The van der Waals surface area contributed by atoms with Crippen LogP contribution in [0.25, 0.3) is 0 Å². The van der Waals surface area contributed by atoms with Crippen molar-refractivity contribution in [2.75, 3.05) is 11.6 Å². The molecule has 100 valence electrons. The molecule has 2 aliphatic rings. The van der Waals surface area contributed by atoms with Crippen molar-refractivity contribution in [3.8, 4) is 5.75 Å². The average Bonchev–Trinajstić information content (AvgIpc) is 2.51. The van der Waals surface area contributed by atoms with Gasteiger partial charge in [-0.1, -0.05) is 30.3 Å². The molecule has 0 aliphatic carbocycles. The van der Waals surface area contributed by atoms with Crippen LogP contribution in [0.15, 0.2) is 48.5 Å². The van der Waals surface area contributed by atoms with Crippen molar-refractivity contribution in [1.29, 1.82) is 0 Å². The van der Waals surface area contributed by atoms with Gasteiger partial charge in [-0.3, -0.25) is 10.0 Å². The average molecular weight is 268 g/mol. The van der Waals surface area contributed by atoms with Crippen molar-refractivity contribution in [3.05, 3.63) is 59.7 Å². The summed E-state index contributed by atoms with van der Waals surface area (Å²) in [6.07, 6.45) is -0.539. The van der Waals surface area contributed by atoms with Crippen molar-refractivity contribution >= 4 is 11.6 Å². The lowest BCUT2D eigenvalue weighted by molar-refractivity contribution is -0.0998. The molecule has 1 atom stereocenters. The summed E-state index contributed by atoms with van der Waals surface area (Å²) in [6, 6.07) is 14.7. The Kier molecular flexibility index (Phi) is 2.25. The molecule has 2 aliphatic heterocycles. The third kappa shape index (κ3) is 1.38. The first-order valence-electron chi connectivity index (χ1n) is 6.37. The molecule has 0 saturated heterocycles. The Hall–Kier alpha value is -2.53. The molecule has 2 heterocycles. The van der Waals surface area contributed by atoms with Crippen molar-refractivity contribution in [2.45, 2.75) is 6.17 Å². The van der Waals surface area contributed by atoms with Gasteiger partial charge in [0.15, 0.2) is 12.9 Å². The molecule has 0 bridgehead atoms. The Labute approximate surface area is 115 Å².